The minimum Gasteiger partial charge on any atom is -0.408 e. The Morgan fingerprint density at radius 3 is 1.46 bits per heavy atom. The smallest absolute Gasteiger partial charge is 0.317 e. The Bertz CT molecular complexity index is 404. The second kappa shape index (κ2) is 10.9. The van der Waals surface area contributed by atoms with Crippen molar-refractivity contribution >= 4 is 11.9 Å². The van der Waals surface area contributed by atoms with Crippen LogP contribution in [0.25, 0.3) is 0 Å². The number of ether oxygens (including phenoxy) is 2. The first-order valence-electron chi connectivity index (χ1n) is 10.0. The Labute approximate surface area is 160 Å². The highest BCUT2D eigenvalue weighted by atomic mass is 16.8. The molecule has 0 fully saturated rings. The van der Waals surface area contributed by atoms with Crippen molar-refractivity contribution in [3.63, 3.8) is 0 Å². The van der Waals surface area contributed by atoms with Gasteiger partial charge in [0, 0.05) is 6.42 Å². The van der Waals surface area contributed by atoms with Crippen molar-refractivity contribution in [2.24, 2.45) is 10.8 Å². The average Bonchev–Trinajstić information content (AvgIpc) is 2.51. The maximum Gasteiger partial charge on any atom is 0.317 e. The van der Waals surface area contributed by atoms with Gasteiger partial charge in [-0.2, -0.15) is 0 Å². The molecule has 154 valence electrons. The first kappa shape index (κ1) is 24.9. The lowest BCUT2D eigenvalue weighted by molar-refractivity contribution is -0.251. The van der Waals surface area contributed by atoms with Crippen molar-refractivity contribution in [2.75, 3.05) is 7.05 Å². The molecule has 0 atom stereocenters. The minimum absolute atomic E-state index is 0.392. The molecule has 0 aliphatic rings. The molecule has 0 unspecified atom stereocenters. The normalized spacial score (nSPS) is 12.8. The highest BCUT2D eigenvalue weighted by molar-refractivity contribution is 5.77. The van der Waals surface area contributed by atoms with E-state index in [1.807, 2.05) is 0 Å². The summed E-state index contributed by atoms with van der Waals surface area (Å²) in [5.41, 5.74) is -1.34. The lowest BCUT2D eigenvalue weighted by Crippen LogP contribution is -2.53. The fourth-order valence-electron chi connectivity index (χ4n) is 2.27. The summed E-state index contributed by atoms with van der Waals surface area (Å²) in [5, 5.41) is 2.95. The second-order valence-electron chi connectivity index (χ2n) is 9.15. The van der Waals surface area contributed by atoms with E-state index in [2.05, 4.69) is 12.2 Å². The number of carbonyl (C=O) groups is 2. The lowest BCUT2D eigenvalue weighted by Gasteiger charge is -2.36. The van der Waals surface area contributed by atoms with E-state index in [4.69, 9.17) is 9.47 Å². The van der Waals surface area contributed by atoms with Crippen molar-refractivity contribution in [2.45, 2.75) is 106 Å². The molecule has 0 heterocycles. The fraction of sp³-hybridized carbons (Fsp3) is 0.905. The van der Waals surface area contributed by atoms with E-state index in [-0.39, 0.29) is 0 Å². The molecule has 0 amide bonds. The maximum atomic E-state index is 12.4. The number of rotatable bonds is 11. The third kappa shape index (κ3) is 9.56. The molecule has 0 aliphatic carbocycles. The molecule has 0 saturated heterocycles. The second-order valence-corrected chi connectivity index (χ2v) is 9.15. The number of nitrogens with one attached hydrogen (secondary N) is 1. The Balaban J connectivity index is 4.96. The zero-order valence-corrected chi connectivity index (χ0v) is 18.3. The van der Waals surface area contributed by atoms with E-state index in [9.17, 15) is 9.59 Å². The molecule has 0 aromatic heterocycles. The molecule has 1 N–H and O–H groups in total. The van der Waals surface area contributed by atoms with Crippen LogP contribution in [0, 0.1) is 10.8 Å². The Morgan fingerprint density at radius 1 is 0.731 bits per heavy atom. The van der Waals surface area contributed by atoms with Crippen LogP contribution in [-0.4, -0.2) is 24.9 Å². The first-order chi connectivity index (χ1) is 11.9. The van der Waals surface area contributed by atoms with Gasteiger partial charge in [0.15, 0.2) is 0 Å². The SMILES string of the molecule is CCCCCCCCCC(NC)(OC(=O)C(C)(C)C)OC(=O)C(C)(C)C. The predicted molar refractivity (Wildman–Crippen MR) is 105 cm³/mol. The van der Waals surface area contributed by atoms with Crippen LogP contribution in [0.1, 0.15) is 99.8 Å². The van der Waals surface area contributed by atoms with Gasteiger partial charge >= 0.3 is 17.8 Å². The minimum atomic E-state index is -1.40. The molecule has 0 aliphatic heterocycles. The van der Waals surface area contributed by atoms with Crippen molar-refractivity contribution in [3.8, 4) is 0 Å². The van der Waals surface area contributed by atoms with Gasteiger partial charge in [0.2, 0.25) is 0 Å². The summed E-state index contributed by atoms with van der Waals surface area (Å²) in [4.78, 5) is 24.8. The summed E-state index contributed by atoms with van der Waals surface area (Å²) in [6.07, 6.45) is 8.40. The highest BCUT2D eigenvalue weighted by Crippen LogP contribution is 2.28. The summed E-state index contributed by atoms with van der Waals surface area (Å²) in [7, 11) is 1.66. The van der Waals surface area contributed by atoms with Gasteiger partial charge in [0.1, 0.15) is 0 Å². The van der Waals surface area contributed by atoms with E-state index in [1.165, 1.54) is 25.7 Å². The lowest BCUT2D eigenvalue weighted by atomic mass is 9.96. The average molecular weight is 372 g/mol. The van der Waals surface area contributed by atoms with Crippen molar-refractivity contribution in [1.29, 1.82) is 0 Å². The monoisotopic (exact) mass is 371 g/mol. The van der Waals surface area contributed by atoms with Crippen LogP contribution in [0.5, 0.6) is 0 Å². The van der Waals surface area contributed by atoms with E-state index < -0.39 is 28.7 Å². The standard InChI is InChI=1S/C21H41NO4/c1-9-10-11-12-13-14-15-16-21(22-8,25-17(23)19(2,3)4)26-18(24)20(5,6)7/h22H,9-16H2,1-8H3. The van der Waals surface area contributed by atoms with E-state index in [0.29, 0.717) is 6.42 Å². The number of unbranched alkanes of at least 4 members (excludes halogenated alkanes) is 6. The molecule has 0 bridgehead atoms. The fourth-order valence-corrected chi connectivity index (χ4v) is 2.27. The molecule has 0 saturated carbocycles. The number of hydrogen-bond acceptors (Lipinski definition) is 5. The number of carbonyl (C=O) groups excluding carboxylic acids is 2. The molecular formula is C21H41NO4. The largest absolute Gasteiger partial charge is 0.408 e. The summed E-state index contributed by atoms with van der Waals surface area (Å²) in [6.45, 7) is 12.9. The van der Waals surface area contributed by atoms with Gasteiger partial charge in [-0.15, -0.1) is 0 Å². The summed E-state index contributed by atoms with van der Waals surface area (Å²) in [6, 6.07) is 0. The predicted octanol–water partition coefficient (Wildman–Crippen LogP) is 5.18. The topological polar surface area (TPSA) is 64.6 Å². The van der Waals surface area contributed by atoms with Crippen LogP contribution in [0.4, 0.5) is 0 Å². The molecule has 0 rings (SSSR count). The molecular weight excluding hydrogens is 330 g/mol. The van der Waals surface area contributed by atoms with Crippen LogP contribution in [0.3, 0.4) is 0 Å². The Morgan fingerprint density at radius 2 is 1.12 bits per heavy atom. The summed E-state index contributed by atoms with van der Waals surface area (Å²) in [5.74, 6) is -2.19. The summed E-state index contributed by atoms with van der Waals surface area (Å²) >= 11 is 0. The van der Waals surface area contributed by atoms with Crippen LogP contribution >= 0.6 is 0 Å². The first-order valence-corrected chi connectivity index (χ1v) is 10.0. The zero-order chi connectivity index (χ0) is 20.4. The van der Waals surface area contributed by atoms with Gasteiger partial charge < -0.3 is 9.47 Å². The van der Waals surface area contributed by atoms with Gasteiger partial charge in [0.25, 0.3) is 0 Å². The molecule has 0 aromatic rings. The molecule has 5 nitrogen and oxygen atoms in total. The van der Waals surface area contributed by atoms with Crippen molar-refractivity contribution in [3.05, 3.63) is 0 Å². The Hall–Kier alpha value is -1.10. The van der Waals surface area contributed by atoms with E-state index in [1.54, 1.807) is 48.6 Å². The van der Waals surface area contributed by atoms with Gasteiger partial charge in [0.05, 0.1) is 10.8 Å². The number of esters is 2. The highest BCUT2D eigenvalue weighted by Gasteiger charge is 2.42. The third-order valence-corrected chi connectivity index (χ3v) is 4.23. The molecule has 5 heteroatoms. The third-order valence-electron chi connectivity index (χ3n) is 4.23. The zero-order valence-electron chi connectivity index (χ0n) is 18.3. The van der Waals surface area contributed by atoms with E-state index >= 15 is 0 Å². The van der Waals surface area contributed by atoms with E-state index in [0.717, 1.165) is 19.3 Å². The van der Waals surface area contributed by atoms with Crippen molar-refractivity contribution in [1.82, 2.24) is 5.32 Å². The van der Waals surface area contributed by atoms with Crippen molar-refractivity contribution < 1.29 is 19.1 Å². The van der Waals surface area contributed by atoms with Crippen LogP contribution in [0.2, 0.25) is 0 Å². The van der Waals surface area contributed by atoms with Crippen LogP contribution in [0.15, 0.2) is 0 Å². The van der Waals surface area contributed by atoms with Gasteiger partial charge in [-0.25, -0.2) is 5.32 Å². The maximum absolute atomic E-state index is 12.4. The number of hydrogen-bond donors (Lipinski definition) is 1. The Kier molecular flexibility index (Phi) is 10.4. The van der Waals surface area contributed by atoms with Gasteiger partial charge in [-0.3, -0.25) is 9.59 Å². The molecule has 0 aromatic carbocycles. The van der Waals surface area contributed by atoms with Gasteiger partial charge in [-0.1, -0.05) is 45.4 Å². The van der Waals surface area contributed by atoms with Crippen LogP contribution < -0.4 is 5.32 Å². The summed E-state index contributed by atoms with van der Waals surface area (Å²) < 4.78 is 11.3. The van der Waals surface area contributed by atoms with Crippen LogP contribution in [-0.2, 0) is 19.1 Å². The molecule has 26 heavy (non-hydrogen) atoms. The molecule has 0 radical (unpaired) electrons. The molecule has 0 spiro atoms. The quantitative estimate of drug-likeness (QED) is 0.308. The van der Waals surface area contributed by atoms with Gasteiger partial charge in [-0.05, 0) is 55.0 Å².